The minimum atomic E-state index is -0.474. The predicted octanol–water partition coefficient (Wildman–Crippen LogP) is 3.87. The number of carbonyl (C=O) groups is 1. The lowest BCUT2D eigenvalue weighted by molar-refractivity contribution is -0.385. The van der Waals surface area contributed by atoms with Crippen LogP contribution in [0.3, 0.4) is 0 Å². The minimum absolute atomic E-state index is 0.0155. The third-order valence-corrected chi connectivity index (χ3v) is 3.58. The molecule has 0 bridgehead atoms. The molecule has 0 unspecified atom stereocenters. The average molecular weight is 334 g/mol. The Hall–Kier alpha value is -2.60. The summed E-state index contributed by atoms with van der Waals surface area (Å²) in [7, 11) is 3.71. The number of halogens is 1. The van der Waals surface area contributed by atoms with Gasteiger partial charge in [0, 0.05) is 36.3 Å². The van der Waals surface area contributed by atoms with Crippen molar-refractivity contribution in [1.82, 2.24) is 0 Å². The van der Waals surface area contributed by atoms with Gasteiger partial charge in [-0.05, 0) is 37.3 Å². The van der Waals surface area contributed by atoms with E-state index in [2.05, 4.69) is 5.32 Å². The molecule has 0 saturated carbocycles. The Morgan fingerprint density at radius 2 is 1.91 bits per heavy atom. The van der Waals surface area contributed by atoms with Crippen LogP contribution in [0.5, 0.6) is 0 Å². The van der Waals surface area contributed by atoms with E-state index in [9.17, 15) is 14.9 Å². The first-order valence-corrected chi connectivity index (χ1v) is 7.20. The van der Waals surface area contributed by atoms with Gasteiger partial charge in [0.05, 0.1) is 16.3 Å². The van der Waals surface area contributed by atoms with Crippen LogP contribution in [0.25, 0.3) is 0 Å². The van der Waals surface area contributed by atoms with E-state index in [1.54, 1.807) is 25.1 Å². The first kappa shape index (κ1) is 16.8. The molecule has 0 heterocycles. The Morgan fingerprint density at radius 1 is 1.22 bits per heavy atom. The molecule has 0 spiro atoms. The lowest BCUT2D eigenvalue weighted by Crippen LogP contribution is -2.17. The molecule has 0 fully saturated rings. The van der Waals surface area contributed by atoms with E-state index >= 15 is 0 Å². The van der Waals surface area contributed by atoms with Gasteiger partial charge in [-0.25, -0.2) is 0 Å². The largest absolute Gasteiger partial charge is 0.376 e. The number of nitrogens with zero attached hydrogens (tertiary/aromatic N) is 2. The summed E-state index contributed by atoms with van der Waals surface area (Å²) in [5, 5.41) is 14.1. The van der Waals surface area contributed by atoms with Crippen LogP contribution < -0.4 is 10.2 Å². The second kappa shape index (κ2) is 6.66. The molecule has 0 saturated heterocycles. The van der Waals surface area contributed by atoms with Crippen molar-refractivity contribution in [3.8, 4) is 0 Å². The van der Waals surface area contributed by atoms with E-state index in [0.717, 1.165) is 5.69 Å². The topological polar surface area (TPSA) is 75.5 Å². The maximum atomic E-state index is 12.4. The highest BCUT2D eigenvalue weighted by Gasteiger charge is 2.15. The molecule has 23 heavy (non-hydrogen) atoms. The number of nitrogens with one attached hydrogen (secondary N) is 1. The fraction of sp³-hybridized carbons (Fsp3) is 0.188. The number of nitro groups is 1. The third kappa shape index (κ3) is 3.78. The summed E-state index contributed by atoms with van der Waals surface area (Å²) in [6.07, 6.45) is 0. The quantitative estimate of drug-likeness (QED) is 0.680. The predicted molar refractivity (Wildman–Crippen MR) is 91.6 cm³/mol. The van der Waals surface area contributed by atoms with Crippen LogP contribution in [0.2, 0.25) is 5.02 Å². The first-order chi connectivity index (χ1) is 10.8. The van der Waals surface area contributed by atoms with Gasteiger partial charge in [0.2, 0.25) is 0 Å². The third-order valence-electron chi connectivity index (χ3n) is 3.34. The summed E-state index contributed by atoms with van der Waals surface area (Å²) >= 11 is 5.99. The number of hydrogen-bond acceptors (Lipinski definition) is 4. The summed E-state index contributed by atoms with van der Waals surface area (Å²) in [5.74, 6) is -0.353. The van der Waals surface area contributed by atoms with Gasteiger partial charge in [-0.1, -0.05) is 11.6 Å². The van der Waals surface area contributed by atoms with Crippen molar-refractivity contribution >= 4 is 34.6 Å². The molecule has 0 aliphatic rings. The second-order valence-corrected chi connectivity index (χ2v) is 5.70. The molecule has 2 rings (SSSR count). The highest BCUT2D eigenvalue weighted by molar-refractivity contribution is 6.31. The van der Waals surface area contributed by atoms with Gasteiger partial charge in [0.25, 0.3) is 11.6 Å². The standard InChI is InChI=1S/C16H16ClN3O3/c1-10-8-11(4-6-14(10)20(22)23)16(21)18-13-9-12(17)5-7-15(13)19(2)3/h4-9H,1-3H3,(H,18,21). The van der Waals surface area contributed by atoms with Gasteiger partial charge >= 0.3 is 0 Å². The SMILES string of the molecule is Cc1cc(C(=O)Nc2cc(Cl)ccc2N(C)C)ccc1[N+](=O)[O-]. The van der Waals surface area contributed by atoms with E-state index in [4.69, 9.17) is 11.6 Å². The van der Waals surface area contributed by atoms with E-state index < -0.39 is 4.92 Å². The van der Waals surface area contributed by atoms with Crippen molar-refractivity contribution in [3.05, 3.63) is 62.7 Å². The van der Waals surface area contributed by atoms with Crippen molar-refractivity contribution in [2.45, 2.75) is 6.92 Å². The molecule has 0 aromatic heterocycles. The highest BCUT2D eigenvalue weighted by atomic mass is 35.5. The van der Waals surface area contributed by atoms with Crippen LogP contribution in [-0.2, 0) is 0 Å². The molecule has 7 heteroatoms. The average Bonchev–Trinajstić information content (AvgIpc) is 2.46. The van der Waals surface area contributed by atoms with E-state index in [-0.39, 0.29) is 11.6 Å². The number of anilines is 2. The van der Waals surface area contributed by atoms with Gasteiger partial charge in [0.1, 0.15) is 0 Å². The number of hydrogen-bond donors (Lipinski definition) is 1. The number of rotatable bonds is 4. The Labute approximate surface area is 138 Å². The van der Waals surface area contributed by atoms with Gasteiger partial charge < -0.3 is 10.2 Å². The summed E-state index contributed by atoms with van der Waals surface area (Å²) in [4.78, 5) is 24.6. The summed E-state index contributed by atoms with van der Waals surface area (Å²) in [6.45, 7) is 1.60. The lowest BCUT2D eigenvalue weighted by Gasteiger charge is -2.18. The number of amides is 1. The van der Waals surface area contributed by atoms with Crippen molar-refractivity contribution < 1.29 is 9.72 Å². The zero-order chi connectivity index (χ0) is 17.1. The van der Waals surface area contributed by atoms with Gasteiger partial charge in [-0.3, -0.25) is 14.9 Å². The monoisotopic (exact) mass is 333 g/mol. The number of aryl methyl sites for hydroxylation is 1. The minimum Gasteiger partial charge on any atom is -0.376 e. The Balaban J connectivity index is 2.31. The van der Waals surface area contributed by atoms with Gasteiger partial charge in [-0.2, -0.15) is 0 Å². The molecule has 0 aliphatic heterocycles. The normalized spacial score (nSPS) is 10.3. The number of carbonyl (C=O) groups excluding carboxylic acids is 1. The molecule has 1 N–H and O–H groups in total. The molecule has 120 valence electrons. The fourth-order valence-corrected chi connectivity index (χ4v) is 2.37. The maximum Gasteiger partial charge on any atom is 0.272 e. The fourth-order valence-electron chi connectivity index (χ4n) is 2.19. The molecule has 2 aromatic carbocycles. The van der Waals surface area contributed by atoms with Gasteiger partial charge in [-0.15, -0.1) is 0 Å². The van der Waals surface area contributed by atoms with E-state index in [1.807, 2.05) is 19.0 Å². The van der Waals surface area contributed by atoms with E-state index in [1.165, 1.54) is 18.2 Å². The van der Waals surface area contributed by atoms with Crippen LogP contribution in [0.1, 0.15) is 15.9 Å². The summed E-state index contributed by atoms with van der Waals surface area (Å²) in [6, 6.07) is 9.46. The molecule has 1 amide bonds. The lowest BCUT2D eigenvalue weighted by atomic mass is 10.1. The molecule has 6 nitrogen and oxygen atoms in total. The van der Waals surface area contributed by atoms with Crippen molar-refractivity contribution in [3.63, 3.8) is 0 Å². The first-order valence-electron chi connectivity index (χ1n) is 6.83. The van der Waals surface area contributed by atoms with Gasteiger partial charge in [0.15, 0.2) is 0 Å². The van der Waals surface area contributed by atoms with Crippen molar-refractivity contribution in [1.29, 1.82) is 0 Å². The highest BCUT2D eigenvalue weighted by Crippen LogP contribution is 2.28. The zero-order valence-corrected chi connectivity index (χ0v) is 13.7. The summed E-state index contributed by atoms with van der Waals surface area (Å²) < 4.78 is 0. The molecule has 0 aliphatic carbocycles. The van der Waals surface area contributed by atoms with E-state index in [0.29, 0.717) is 21.8 Å². The smallest absolute Gasteiger partial charge is 0.272 e. The van der Waals surface area contributed by atoms with Crippen LogP contribution in [-0.4, -0.2) is 24.9 Å². The Kier molecular flexibility index (Phi) is 4.86. The molecule has 0 radical (unpaired) electrons. The van der Waals surface area contributed by atoms with Crippen LogP contribution in [0, 0.1) is 17.0 Å². The summed E-state index contributed by atoms with van der Waals surface area (Å²) in [5.41, 5.74) is 2.14. The second-order valence-electron chi connectivity index (χ2n) is 5.27. The maximum absolute atomic E-state index is 12.4. The molecule has 0 atom stereocenters. The molecular weight excluding hydrogens is 318 g/mol. The molecule has 2 aromatic rings. The Bertz CT molecular complexity index is 775. The van der Waals surface area contributed by atoms with Crippen molar-refractivity contribution in [2.24, 2.45) is 0 Å². The van der Waals surface area contributed by atoms with Crippen LogP contribution >= 0.6 is 11.6 Å². The van der Waals surface area contributed by atoms with Crippen LogP contribution in [0.15, 0.2) is 36.4 Å². The van der Waals surface area contributed by atoms with Crippen LogP contribution in [0.4, 0.5) is 17.1 Å². The van der Waals surface area contributed by atoms with Crippen molar-refractivity contribution in [2.75, 3.05) is 24.3 Å². The number of benzene rings is 2. The Morgan fingerprint density at radius 3 is 2.48 bits per heavy atom. The molecular formula is C16H16ClN3O3. The number of nitro benzene ring substituents is 1. The zero-order valence-electron chi connectivity index (χ0n) is 13.0.